The van der Waals surface area contributed by atoms with E-state index in [4.69, 9.17) is 9.47 Å². The van der Waals surface area contributed by atoms with Crippen LogP contribution in [0.3, 0.4) is 0 Å². The molecular formula is C18H20N2O5. The van der Waals surface area contributed by atoms with Gasteiger partial charge in [-0.1, -0.05) is 13.0 Å². The maximum atomic E-state index is 12.1. The van der Waals surface area contributed by atoms with Crippen molar-refractivity contribution in [2.45, 2.75) is 19.9 Å². The predicted molar refractivity (Wildman–Crippen MR) is 93.0 cm³/mol. The van der Waals surface area contributed by atoms with Crippen LogP contribution in [-0.2, 0) is 6.54 Å². The van der Waals surface area contributed by atoms with E-state index in [0.717, 1.165) is 12.0 Å². The quantitative estimate of drug-likeness (QED) is 0.586. The van der Waals surface area contributed by atoms with Crippen LogP contribution >= 0.6 is 0 Å². The van der Waals surface area contributed by atoms with Crippen molar-refractivity contribution in [3.63, 3.8) is 0 Å². The fourth-order valence-corrected chi connectivity index (χ4v) is 2.17. The van der Waals surface area contributed by atoms with Crippen LogP contribution in [0.15, 0.2) is 42.5 Å². The number of non-ortho nitro benzene ring substituents is 1. The van der Waals surface area contributed by atoms with Crippen LogP contribution in [0.25, 0.3) is 0 Å². The van der Waals surface area contributed by atoms with Crippen LogP contribution < -0.4 is 14.8 Å². The first kappa shape index (κ1) is 18.3. The Hall–Kier alpha value is -3.09. The zero-order chi connectivity index (χ0) is 18.2. The Balaban J connectivity index is 2.00. The lowest BCUT2D eigenvalue weighted by Crippen LogP contribution is -2.22. The molecule has 7 heteroatoms. The van der Waals surface area contributed by atoms with Crippen molar-refractivity contribution in [3.05, 3.63) is 63.7 Å². The molecule has 0 aliphatic heterocycles. The van der Waals surface area contributed by atoms with Gasteiger partial charge in [-0.25, -0.2) is 0 Å². The SMILES string of the molecule is CCCOc1ccc(CNC(=O)c2ccc([N+](=O)[O-])cc2)cc1OC. The van der Waals surface area contributed by atoms with Crippen LogP contribution in [0.4, 0.5) is 5.69 Å². The number of benzene rings is 2. The number of carbonyl (C=O) groups is 1. The molecule has 7 nitrogen and oxygen atoms in total. The minimum Gasteiger partial charge on any atom is -0.493 e. The Kier molecular flexibility index (Phi) is 6.33. The van der Waals surface area contributed by atoms with Crippen molar-refractivity contribution in [1.29, 1.82) is 0 Å². The molecule has 0 spiro atoms. The number of nitro benzene ring substituents is 1. The molecule has 0 unspecified atom stereocenters. The van der Waals surface area contributed by atoms with Gasteiger partial charge in [-0.3, -0.25) is 14.9 Å². The average molecular weight is 344 g/mol. The fourth-order valence-electron chi connectivity index (χ4n) is 2.17. The summed E-state index contributed by atoms with van der Waals surface area (Å²) in [7, 11) is 1.56. The summed E-state index contributed by atoms with van der Waals surface area (Å²) in [6, 6.07) is 10.9. The van der Waals surface area contributed by atoms with E-state index in [1.54, 1.807) is 13.2 Å². The molecule has 2 aromatic rings. The van der Waals surface area contributed by atoms with Crippen molar-refractivity contribution in [2.24, 2.45) is 0 Å². The van der Waals surface area contributed by atoms with E-state index >= 15 is 0 Å². The van der Waals surface area contributed by atoms with E-state index in [2.05, 4.69) is 5.32 Å². The highest BCUT2D eigenvalue weighted by molar-refractivity contribution is 5.94. The highest BCUT2D eigenvalue weighted by atomic mass is 16.6. The van der Waals surface area contributed by atoms with Gasteiger partial charge in [0.1, 0.15) is 0 Å². The highest BCUT2D eigenvalue weighted by Gasteiger charge is 2.10. The van der Waals surface area contributed by atoms with Crippen molar-refractivity contribution in [2.75, 3.05) is 13.7 Å². The van der Waals surface area contributed by atoms with Crippen LogP contribution in [0, 0.1) is 10.1 Å². The Morgan fingerprint density at radius 1 is 1.16 bits per heavy atom. The first-order valence-electron chi connectivity index (χ1n) is 7.87. The first-order chi connectivity index (χ1) is 12.0. The van der Waals surface area contributed by atoms with Crippen molar-refractivity contribution in [3.8, 4) is 11.5 Å². The molecule has 0 saturated carbocycles. The molecule has 25 heavy (non-hydrogen) atoms. The van der Waals surface area contributed by atoms with Gasteiger partial charge < -0.3 is 14.8 Å². The second kappa shape index (κ2) is 8.68. The van der Waals surface area contributed by atoms with Gasteiger partial charge in [0, 0.05) is 24.2 Å². The number of ether oxygens (including phenoxy) is 2. The van der Waals surface area contributed by atoms with Gasteiger partial charge in [-0.05, 0) is 36.2 Å². The van der Waals surface area contributed by atoms with Crippen LogP contribution in [0.1, 0.15) is 29.3 Å². The topological polar surface area (TPSA) is 90.7 Å². The summed E-state index contributed by atoms with van der Waals surface area (Å²) in [5, 5.41) is 13.4. The average Bonchev–Trinajstić information content (AvgIpc) is 2.64. The molecule has 2 aromatic carbocycles. The summed E-state index contributed by atoms with van der Waals surface area (Å²) in [6.45, 7) is 2.93. The summed E-state index contributed by atoms with van der Waals surface area (Å²) >= 11 is 0. The number of hydrogen-bond donors (Lipinski definition) is 1. The van der Waals surface area contributed by atoms with Gasteiger partial charge in [-0.2, -0.15) is 0 Å². The summed E-state index contributed by atoms with van der Waals surface area (Å²) < 4.78 is 10.9. The third kappa shape index (κ3) is 4.94. The van der Waals surface area contributed by atoms with E-state index in [9.17, 15) is 14.9 Å². The number of nitrogens with one attached hydrogen (secondary N) is 1. The van der Waals surface area contributed by atoms with Crippen LogP contribution in [0.2, 0.25) is 0 Å². The van der Waals surface area contributed by atoms with Gasteiger partial charge >= 0.3 is 0 Å². The Bertz CT molecular complexity index is 744. The van der Waals surface area contributed by atoms with E-state index in [-0.39, 0.29) is 11.6 Å². The van der Waals surface area contributed by atoms with Crippen molar-refractivity contribution < 1.29 is 19.2 Å². The highest BCUT2D eigenvalue weighted by Crippen LogP contribution is 2.28. The largest absolute Gasteiger partial charge is 0.493 e. The van der Waals surface area contributed by atoms with Gasteiger partial charge in [-0.15, -0.1) is 0 Å². The van der Waals surface area contributed by atoms with Gasteiger partial charge in [0.25, 0.3) is 11.6 Å². The van der Waals surface area contributed by atoms with Gasteiger partial charge in [0.05, 0.1) is 18.6 Å². The van der Waals surface area contributed by atoms with Gasteiger partial charge in [0.2, 0.25) is 0 Å². The zero-order valence-electron chi connectivity index (χ0n) is 14.2. The predicted octanol–water partition coefficient (Wildman–Crippen LogP) is 3.32. The standard InChI is InChI=1S/C18H20N2O5/c1-3-10-25-16-9-4-13(11-17(16)24-2)12-19-18(21)14-5-7-15(8-6-14)20(22)23/h4-9,11H,3,10,12H2,1-2H3,(H,19,21). The van der Waals surface area contributed by atoms with E-state index < -0.39 is 4.92 Å². The third-order valence-electron chi connectivity index (χ3n) is 3.48. The molecule has 0 saturated heterocycles. The fraction of sp³-hybridized carbons (Fsp3) is 0.278. The normalized spacial score (nSPS) is 10.2. The minimum absolute atomic E-state index is 0.0519. The van der Waals surface area contributed by atoms with E-state index in [1.807, 2.05) is 19.1 Å². The molecule has 1 amide bonds. The smallest absolute Gasteiger partial charge is 0.269 e. The number of carbonyl (C=O) groups excluding carboxylic acids is 1. The maximum absolute atomic E-state index is 12.1. The van der Waals surface area contributed by atoms with Crippen LogP contribution in [-0.4, -0.2) is 24.5 Å². The molecule has 0 radical (unpaired) electrons. The number of amides is 1. The molecule has 1 N–H and O–H groups in total. The monoisotopic (exact) mass is 344 g/mol. The lowest BCUT2D eigenvalue weighted by atomic mass is 10.1. The molecular weight excluding hydrogens is 324 g/mol. The van der Waals surface area contributed by atoms with Gasteiger partial charge in [0.15, 0.2) is 11.5 Å². The van der Waals surface area contributed by atoms with E-state index in [1.165, 1.54) is 24.3 Å². The lowest BCUT2D eigenvalue weighted by Gasteiger charge is -2.12. The second-order valence-electron chi connectivity index (χ2n) is 5.32. The number of nitrogens with zero attached hydrogens (tertiary/aromatic N) is 1. The third-order valence-corrected chi connectivity index (χ3v) is 3.48. The molecule has 0 aromatic heterocycles. The molecule has 2 rings (SSSR count). The molecule has 0 heterocycles. The Morgan fingerprint density at radius 2 is 1.88 bits per heavy atom. The number of hydrogen-bond acceptors (Lipinski definition) is 5. The lowest BCUT2D eigenvalue weighted by molar-refractivity contribution is -0.384. The van der Waals surface area contributed by atoms with E-state index in [0.29, 0.717) is 30.2 Å². The molecule has 0 fully saturated rings. The minimum atomic E-state index is -0.504. The van der Waals surface area contributed by atoms with Crippen molar-refractivity contribution >= 4 is 11.6 Å². The Labute approximate surface area is 145 Å². The first-order valence-corrected chi connectivity index (χ1v) is 7.87. The van der Waals surface area contributed by atoms with Crippen molar-refractivity contribution in [1.82, 2.24) is 5.32 Å². The summed E-state index contributed by atoms with van der Waals surface area (Å²) in [5.41, 5.74) is 1.17. The molecule has 0 atom stereocenters. The summed E-state index contributed by atoms with van der Waals surface area (Å²) in [5.74, 6) is 0.963. The summed E-state index contributed by atoms with van der Waals surface area (Å²) in [6.07, 6.45) is 0.899. The summed E-state index contributed by atoms with van der Waals surface area (Å²) in [4.78, 5) is 22.3. The molecule has 132 valence electrons. The molecule has 0 aliphatic carbocycles. The number of rotatable bonds is 8. The molecule has 0 bridgehead atoms. The Morgan fingerprint density at radius 3 is 2.48 bits per heavy atom. The maximum Gasteiger partial charge on any atom is 0.269 e. The zero-order valence-corrected chi connectivity index (χ0v) is 14.2. The number of nitro groups is 1. The van der Waals surface area contributed by atoms with Crippen LogP contribution in [0.5, 0.6) is 11.5 Å². The molecule has 0 aliphatic rings. The number of methoxy groups -OCH3 is 1. The second-order valence-corrected chi connectivity index (χ2v) is 5.32.